The molecule has 2 fully saturated rings. The van der Waals surface area contributed by atoms with Crippen molar-refractivity contribution in [1.82, 2.24) is 10.2 Å². The number of hydrogen-bond acceptors (Lipinski definition) is 2. The molecular formula is C12H20N2O2. The maximum absolute atomic E-state index is 12.1. The zero-order valence-corrected chi connectivity index (χ0v) is 10.2. The van der Waals surface area contributed by atoms with Crippen molar-refractivity contribution in [2.75, 3.05) is 7.05 Å². The Balaban J connectivity index is 2.13. The average molecular weight is 224 g/mol. The molecule has 2 aliphatic rings. The van der Waals surface area contributed by atoms with Gasteiger partial charge in [-0.25, -0.2) is 0 Å². The third-order valence-electron chi connectivity index (χ3n) is 3.87. The van der Waals surface area contributed by atoms with E-state index in [0.29, 0.717) is 5.92 Å². The van der Waals surface area contributed by atoms with Gasteiger partial charge >= 0.3 is 0 Å². The van der Waals surface area contributed by atoms with Gasteiger partial charge in [0.1, 0.15) is 12.1 Å². The minimum Gasteiger partial charge on any atom is -0.342 e. The number of amides is 2. The van der Waals surface area contributed by atoms with E-state index in [0.717, 1.165) is 19.3 Å². The molecule has 0 aromatic heterocycles. The van der Waals surface area contributed by atoms with Crippen LogP contribution in [-0.4, -0.2) is 35.8 Å². The number of hydrogen-bond donors (Lipinski definition) is 1. The summed E-state index contributed by atoms with van der Waals surface area (Å²) >= 11 is 0. The van der Waals surface area contributed by atoms with E-state index in [4.69, 9.17) is 0 Å². The van der Waals surface area contributed by atoms with Crippen molar-refractivity contribution in [3.8, 4) is 0 Å². The molecule has 4 heteroatoms. The molecule has 0 bridgehead atoms. The molecule has 3 unspecified atom stereocenters. The molecule has 2 rings (SSSR count). The fourth-order valence-corrected chi connectivity index (χ4v) is 2.45. The van der Waals surface area contributed by atoms with Crippen LogP contribution in [-0.2, 0) is 9.59 Å². The van der Waals surface area contributed by atoms with Crippen molar-refractivity contribution in [2.24, 2.45) is 11.8 Å². The van der Waals surface area contributed by atoms with E-state index in [2.05, 4.69) is 5.32 Å². The van der Waals surface area contributed by atoms with Crippen LogP contribution in [0.25, 0.3) is 0 Å². The lowest BCUT2D eigenvalue weighted by atomic mass is 9.93. The van der Waals surface area contributed by atoms with Gasteiger partial charge in [-0.1, -0.05) is 20.3 Å². The fourth-order valence-electron chi connectivity index (χ4n) is 2.45. The van der Waals surface area contributed by atoms with Gasteiger partial charge in [-0.2, -0.15) is 0 Å². The van der Waals surface area contributed by atoms with Crippen molar-refractivity contribution in [3.05, 3.63) is 0 Å². The van der Waals surface area contributed by atoms with E-state index in [1.807, 2.05) is 13.8 Å². The predicted octanol–water partition coefficient (Wildman–Crippen LogP) is 0.768. The van der Waals surface area contributed by atoms with E-state index < -0.39 is 0 Å². The molecule has 0 aromatic carbocycles. The highest BCUT2D eigenvalue weighted by molar-refractivity contribution is 5.97. The van der Waals surface area contributed by atoms with Crippen LogP contribution in [0, 0.1) is 11.8 Å². The number of piperazine rings is 1. The SMILES string of the molecule is CCC(C)C1C(=O)NC(C2CC2)C(=O)N1C. The van der Waals surface area contributed by atoms with Crippen LogP contribution in [0.1, 0.15) is 33.1 Å². The molecule has 0 spiro atoms. The van der Waals surface area contributed by atoms with Crippen molar-refractivity contribution < 1.29 is 9.59 Å². The summed E-state index contributed by atoms with van der Waals surface area (Å²) in [7, 11) is 1.76. The lowest BCUT2D eigenvalue weighted by Crippen LogP contribution is -2.64. The summed E-state index contributed by atoms with van der Waals surface area (Å²) in [5.74, 6) is 0.714. The van der Waals surface area contributed by atoms with Crippen molar-refractivity contribution in [2.45, 2.75) is 45.2 Å². The van der Waals surface area contributed by atoms with Crippen LogP contribution in [0.2, 0.25) is 0 Å². The smallest absolute Gasteiger partial charge is 0.245 e. The summed E-state index contributed by atoms with van der Waals surface area (Å²) in [5, 5.41) is 2.89. The molecule has 0 radical (unpaired) electrons. The number of carbonyl (C=O) groups is 2. The van der Waals surface area contributed by atoms with E-state index in [9.17, 15) is 9.59 Å². The number of nitrogens with zero attached hydrogens (tertiary/aromatic N) is 1. The van der Waals surface area contributed by atoms with Gasteiger partial charge in [0.15, 0.2) is 0 Å². The highest BCUT2D eigenvalue weighted by atomic mass is 16.2. The molecular weight excluding hydrogens is 204 g/mol. The summed E-state index contributed by atoms with van der Waals surface area (Å²) in [6.07, 6.45) is 3.04. The quantitative estimate of drug-likeness (QED) is 0.769. The zero-order chi connectivity index (χ0) is 11.9. The summed E-state index contributed by atoms with van der Waals surface area (Å²) < 4.78 is 0. The van der Waals surface area contributed by atoms with Gasteiger partial charge in [0.05, 0.1) is 0 Å². The van der Waals surface area contributed by atoms with Crippen LogP contribution >= 0.6 is 0 Å². The summed E-state index contributed by atoms with van der Waals surface area (Å²) in [5.41, 5.74) is 0. The van der Waals surface area contributed by atoms with Crippen molar-refractivity contribution >= 4 is 11.8 Å². The first kappa shape index (κ1) is 11.4. The Morgan fingerprint density at radius 3 is 2.56 bits per heavy atom. The number of nitrogens with one attached hydrogen (secondary N) is 1. The third kappa shape index (κ3) is 1.81. The van der Waals surface area contributed by atoms with E-state index >= 15 is 0 Å². The first-order valence-corrected chi connectivity index (χ1v) is 6.13. The first-order valence-electron chi connectivity index (χ1n) is 6.13. The number of carbonyl (C=O) groups excluding carboxylic acids is 2. The molecule has 1 saturated heterocycles. The van der Waals surface area contributed by atoms with Crippen LogP contribution in [0.3, 0.4) is 0 Å². The normalized spacial score (nSPS) is 32.6. The fraction of sp³-hybridized carbons (Fsp3) is 0.833. The van der Waals surface area contributed by atoms with E-state index in [-0.39, 0.29) is 29.8 Å². The Hall–Kier alpha value is -1.06. The van der Waals surface area contributed by atoms with Gasteiger partial charge in [-0.15, -0.1) is 0 Å². The van der Waals surface area contributed by atoms with Gasteiger partial charge < -0.3 is 10.2 Å². The van der Waals surface area contributed by atoms with Gasteiger partial charge in [-0.05, 0) is 24.7 Å². The second-order valence-electron chi connectivity index (χ2n) is 5.10. The Bertz CT molecular complexity index is 312. The second kappa shape index (κ2) is 4.07. The largest absolute Gasteiger partial charge is 0.342 e. The molecule has 3 atom stereocenters. The molecule has 90 valence electrons. The first-order chi connectivity index (χ1) is 7.56. The number of rotatable bonds is 3. The molecule has 1 saturated carbocycles. The van der Waals surface area contributed by atoms with E-state index in [1.165, 1.54) is 0 Å². The average Bonchev–Trinajstić information content (AvgIpc) is 3.07. The molecule has 16 heavy (non-hydrogen) atoms. The van der Waals surface area contributed by atoms with Crippen molar-refractivity contribution in [3.63, 3.8) is 0 Å². The molecule has 4 nitrogen and oxygen atoms in total. The minimum absolute atomic E-state index is 0.0216. The van der Waals surface area contributed by atoms with Crippen LogP contribution in [0.15, 0.2) is 0 Å². The summed E-state index contributed by atoms with van der Waals surface area (Å²) in [6, 6.07) is -0.537. The van der Waals surface area contributed by atoms with Gasteiger partial charge in [0, 0.05) is 7.05 Å². The topological polar surface area (TPSA) is 49.4 Å². The highest BCUT2D eigenvalue weighted by Gasteiger charge is 2.46. The molecule has 1 N–H and O–H groups in total. The number of likely N-dealkylation sites (N-methyl/N-ethyl adjacent to an activating group) is 1. The van der Waals surface area contributed by atoms with Gasteiger partial charge in [0.2, 0.25) is 11.8 Å². The Morgan fingerprint density at radius 1 is 1.44 bits per heavy atom. The molecule has 1 heterocycles. The maximum atomic E-state index is 12.1. The molecule has 1 aliphatic heterocycles. The third-order valence-corrected chi connectivity index (χ3v) is 3.87. The summed E-state index contributed by atoms with van der Waals surface area (Å²) in [4.78, 5) is 25.7. The van der Waals surface area contributed by atoms with Gasteiger partial charge in [0.25, 0.3) is 0 Å². The maximum Gasteiger partial charge on any atom is 0.245 e. The van der Waals surface area contributed by atoms with Crippen LogP contribution < -0.4 is 5.32 Å². The monoisotopic (exact) mass is 224 g/mol. The standard InChI is InChI=1S/C12H20N2O2/c1-4-7(2)10-11(15)13-9(8-5-6-8)12(16)14(10)3/h7-10H,4-6H2,1-3H3,(H,13,15). The highest BCUT2D eigenvalue weighted by Crippen LogP contribution is 2.35. The lowest BCUT2D eigenvalue weighted by molar-refractivity contribution is -0.150. The Labute approximate surface area is 96.4 Å². The summed E-state index contributed by atoms with van der Waals surface area (Å²) in [6.45, 7) is 4.06. The predicted molar refractivity (Wildman–Crippen MR) is 60.7 cm³/mol. The Kier molecular flexibility index (Phi) is 2.91. The van der Waals surface area contributed by atoms with Gasteiger partial charge in [-0.3, -0.25) is 9.59 Å². The minimum atomic E-state index is -0.285. The van der Waals surface area contributed by atoms with Crippen LogP contribution in [0.5, 0.6) is 0 Å². The molecule has 2 amide bonds. The molecule has 0 aromatic rings. The van der Waals surface area contributed by atoms with Crippen LogP contribution in [0.4, 0.5) is 0 Å². The zero-order valence-electron chi connectivity index (χ0n) is 10.2. The Morgan fingerprint density at radius 2 is 2.06 bits per heavy atom. The van der Waals surface area contributed by atoms with Crippen molar-refractivity contribution in [1.29, 1.82) is 0 Å². The second-order valence-corrected chi connectivity index (χ2v) is 5.10. The lowest BCUT2D eigenvalue weighted by Gasteiger charge is -2.39. The van der Waals surface area contributed by atoms with E-state index in [1.54, 1.807) is 11.9 Å². The molecule has 1 aliphatic carbocycles.